The van der Waals surface area contributed by atoms with Gasteiger partial charge in [0.15, 0.2) is 11.6 Å². The second kappa shape index (κ2) is 6.67. The van der Waals surface area contributed by atoms with Gasteiger partial charge >= 0.3 is 0 Å². The van der Waals surface area contributed by atoms with Gasteiger partial charge in [0.05, 0.1) is 7.11 Å². The lowest BCUT2D eigenvalue weighted by Crippen LogP contribution is -2.32. The first-order valence-electron chi connectivity index (χ1n) is 7.19. The van der Waals surface area contributed by atoms with E-state index in [-0.39, 0.29) is 24.1 Å². The van der Waals surface area contributed by atoms with Crippen molar-refractivity contribution in [3.63, 3.8) is 0 Å². The van der Waals surface area contributed by atoms with Gasteiger partial charge in [0.1, 0.15) is 0 Å². The Hall–Kier alpha value is -1.58. The Kier molecular flexibility index (Phi) is 5.09. The Morgan fingerprint density at radius 2 is 1.82 bits per heavy atom. The zero-order valence-electron chi connectivity index (χ0n) is 13.0. The summed E-state index contributed by atoms with van der Waals surface area (Å²) in [6.45, 7) is 0. The number of ether oxygens (including phenoxy) is 1. The molecule has 2 nitrogen and oxygen atoms in total. The molecule has 0 heterocycles. The third-order valence-corrected chi connectivity index (χ3v) is 4.38. The lowest BCUT2D eigenvalue weighted by Gasteiger charge is -2.27. The molecule has 0 aromatic heterocycles. The maximum Gasteiger partial charge on any atom is 0.165 e. The van der Waals surface area contributed by atoms with Crippen LogP contribution in [-0.2, 0) is 6.42 Å². The summed E-state index contributed by atoms with van der Waals surface area (Å²) in [6.07, 6.45) is 0.864. The molecule has 0 fully saturated rings. The number of rotatable bonds is 3. The number of benzene rings is 2. The highest BCUT2D eigenvalue weighted by Gasteiger charge is 2.35. The molecular weight excluding hydrogens is 301 g/mol. The Labute approximate surface area is 137 Å². The van der Waals surface area contributed by atoms with Crippen LogP contribution < -0.4 is 4.74 Å². The van der Waals surface area contributed by atoms with E-state index in [9.17, 15) is 4.39 Å². The average molecular weight is 322 g/mol. The van der Waals surface area contributed by atoms with Crippen molar-refractivity contribution in [2.24, 2.45) is 0 Å². The molecule has 0 N–H and O–H groups in total. The standard InChI is InChI=1S/C18H20FNO.ClH/c1-20(2)16-10-13-9-15(19)17(21-3)11-14(13)18(16)12-7-5-4-6-8-12;/h4-9,11,16,18H,10H2,1-3H3;1H/t16-,18-;/m1./s1. The fraction of sp³-hybridized carbons (Fsp3) is 0.333. The van der Waals surface area contributed by atoms with E-state index >= 15 is 0 Å². The predicted octanol–water partition coefficient (Wildman–Crippen LogP) is 3.87. The van der Waals surface area contributed by atoms with Gasteiger partial charge in [0.2, 0.25) is 0 Å². The molecule has 1 aliphatic rings. The largest absolute Gasteiger partial charge is 0.494 e. The molecular formula is C18H21ClFNO. The second-order valence-electron chi connectivity index (χ2n) is 5.81. The molecule has 2 aromatic rings. The molecule has 0 spiro atoms. The van der Waals surface area contributed by atoms with Crippen molar-refractivity contribution in [3.8, 4) is 5.75 Å². The maximum absolute atomic E-state index is 14.0. The fourth-order valence-electron chi connectivity index (χ4n) is 3.33. The lowest BCUT2D eigenvalue weighted by molar-refractivity contribution is 0.283. The van der Waals surface area contributed by atoms with Crippen LogP contribution in [0.25, 0.3) is 0 Å². The van der Waals surface area contributed by atoms with Crippen molar-refractivity contribution in [1.29, 1.82) is 0 Å². The van der Waals surface area contributed by atoms with Crippen molar-refractivity contribution in [1.82, 2.24) is 4.90 Å². The van der Waals surface area contributed by atoms with Crippen LogP contribution in [0.2, 0.25) is 0 Å². The topological polar surface area (TPSA) is 12.5 Å². The van der Waals surface area contributed by atoms with Gasteiger partial charge in [-0.25, -0.2) is 4.39 Å². The van der Waals surface area contributed by atoms with Gasteiger partial charge in [-0.1, -0.05) is 30.3 Å². The molecule has 0 saturated heterocycles. The Morgan fingerprint density at radius 1 is 1.14 bits per heavy atom. The molecule has 0 amide bonds. The second-order valence-corrected chi connectivity index (χ2v) is 5.81. The Balaban J connectivity index is 0.00000176. The highest BCUT2D eigenvalue weighted by atomic mass is 35.5. The molecule has 3 rings (SSSR count). The van der Waals surface area contributed by atoms with Crippen molar-refractivity contribution in [2.45, 2.75) is 18.4 Å². The monoisotopic (exact) mass is 321 g/mol. The molecule has 4 heteroatoms. The molecule has 22 heavy (non-hydrogen) atoms. The van der Waals surface area contributed by atoms with Crippen molar-refractivity contribution in [2.75, 3.05) is 21.2 Å². The summed E-state index contributed by atoms with van der Waals surface area (Å²) in [5, 5.41) is 0. The quantitative estimate of drug-likeness (QED) is 0.851. The van der Waals surface area contributed by atoms with Gasteiger partial charge in [-0.2, -0.15) is 0 Å². The molecule has 118 valence electrons. The highest BCUT2D eigenvalue weighted by Crippen LogP contribution is 2.42. The maximum atomic E-state index is 14.0. The Morgan fingerprint density at radius 3 is 2.41 bits per heavy atom. The number of nitrogens with zero attached hydrogens (tertiary/aromatic N) is 1. The van der Waals surface area contributed by atoms with Crippen LogP contribution in [0.3, 0.4) is 0 Å². The van der Waals surface area contributed by atoms with Crippen LogP contribution in [0.15, 0.2) is 42.5 Å². The van der Waals surface area contributed by atoms with E-state index in [1.807, 2.05) is 12.1 Å². The van der Waals surface area contributed by atoms with E-state index in [1.165, 1.54) is 18.2 Å². The average Bonchev–Trinajstić information content (AvgIpc) is 2.85. The van der Waals surface area contributed by atoms with Gasteiger partial charge in [-0.05, 0) is 49.3 Å². The van der Waals surface area contributed by atoms with Crippen LogP contribution >= 0.6 is 12.4 Å². The van der Waals surface area contributed by atoms with Crippen LogP contribution in [0, 0.1) is 5.82 Å². The smallest absolute Gasteiger partial charge is 0.165 e. The summed E-state index contributed by atoms with van der Waals surface area (Å²) >= 11 is 0. The SMILES string of the molecule is COc1cc2c(cc1F)C[C@@H](N(C)C)[C@@H]2c1ccccc1.Cl. The minimum Gasteiger partial charge on any atom is -0.494 e. The molecule has 0 aliphatic heterocycles. The van der Waals surface area contributed by atoms with Crippen molar-refractivity contribution >= 4 is 12.4 Å². The number of hydrogen-bond acceptors (Lipinski definition) is 2. The van der Waals surface area contributed by atoms with Crippen LogP contribution in [0.4, 0.5) is 4.39 Å². The van der Waals surface area contributed by atoms with Gasteiger partial charge in [-0.15, -0.1) is 12.4 Å². The highest BCUT2D eigenvalue weighted by molar-refractivity contribution is 5.85. The molecule has 0 radical (unpaired) electrons. The van der Waals surface area contributed by atoms with Crippen molar-refractivity contribution in [3.05, 3.63) is 65.0 Å². The first-order chi connectivity index (χ1) is 10.1. The van der Waals surface area contributed by atoms with Gasteiger partial charge in [-0.3, -0.25) is 0 Å². The Bertz CT molecular complexity index is 645. The zero-order chi connectivity index (χ0) is 15.0. The van der Waals surface area contributed by atoms with Gasteiger partial charge in [0, 0.05) is 12.0 Å². The molecule has 0 unspecified atom stereocenters. The number of methoxy groups -OCH3 is 1. The summed E-state index contributed by atoms with van der Waals surface area (Å²) in [5.74, 6) is 0.308. The minimum atomic E-state index is -0.275. The van der Waals surface area contributed by atoms with Crippen molar-refractivity contribution < 1.29 is 9.13 Å². The number of halogens is 2. The fourth-order valence-corrected chi connectivity index (χ4v) is 3.33. The van der Waals surface area contributed by atoms with E-state index in [1.54, 1.807) is 6.07 Å². The van der Waals surface area contributed by atoms with Gasteiger partial charge < -0.3 is 9.64 Å². The van der Waals surface area contributed by atoms with E-state index in [2.05, 4.69) is 43.3 Å². The van der Waals surface area contributed by atoms with E-state index < -0.39 is 0 Å². The number of likely N-dealkylation sites (N-methyl/N-ethyl adjacent to an activating group) is 1. The van der Waals surface area contributed by atoms with Crippen LogP contribution in [0.5, 0.6) is 5.75 Å². The first-order valence-corrected chi connectivity index (χ1v) is 7.19. The molecule has 2 aromatic carbocycles. The normalized spacial score (nSPS) is 19.7. The van der Waals surface area contributed by atoms with Crippen LogP contribution in [-0.4, -0.2) is 32.1 Å². The number of hydrogen-bond donors (Lipinski definition) is 0. The third-order valence-electron chi connectivity index (χ3n) is 4.38. The van der Waals surface area contributed by atoms with E-state index in [0.29, 0.717) is 11.8 Å². The summed E-state index contributed by atoms with van der Waals surface area (Å²) in [6, 6.07) is 14.3. The first kappa shape index (κ1) is 16.8. The minimum absolute atomic E-state index is 0. The summed E-state index contributed by atoms with van der Waals surface area (Å²) in [4.78, 5) is 2.22. The number of fused-ring (bicyclic) bond motifs is 1. The molecule has 0 saturated carbocycles. The zero-order valence-corrected chi connectivity index (χ0v) is 13.9. The third kappa shape index (κ3) is 2.83. The summed E-state index contributed by atoms with van der Waals surface area (Å²) in [5.41, 5.74) is 3.53. The molecule has 0 bridgehead atoms. The predicted molar refractivity (Wildman–Crippen MR) is 89.7 cm³/mol. The summed E-state index contributed by atoms with van der Waals surface area (Å²) < 4.78 is 19.1. The van der Waals surface area contributed by atoms with E-state index in [0.717, 1.165) is 12.0 Å². The lowest BCUT2D eigenvalue weighted by atomic mass is 9.89. The molecule has 1 aliphatic carbocycles. The summed E-state index contributed by atoms with van der Waals surface area (Å²) in [7, 11) is 5.68. The van der Waals surface area contributed by atoms with E-state index in [4.69, 9.17) is 4.74 Å². The van der Waals surface area contributed by atoms with Crippen LogP contribution in [0.1, 0.15) is 22.6 Å². The molecule has 2 atom stereocenters. The van der Waals surface area contributed by atoms with Gasteiger partial charge in [0.25, 0.3) is 0 Å².